The maximum atomic E-state index is 3.40. The molecular formula is C14H17NS. The summed E-state index contributed by atoms with van der Waals surface area (Å²) in [5, 5.41) is 5.54. The van der Waals surface area contributed by atoms with Crippen LogP contribution in [0.15, 0.2) is 47.8 Å². The molecule has 84 valence electrons. The van der Waals surface area contributed by atoms with Crippen LogP contribution in [-0.4, -0.2) is 13.1 Å². The molecule has 1 N–H and O–H groups in total. The smallest absolute Gasteiger partial charge is 0.0153 e. The molecule has 1 aromatic carbocycles. The quantitative estimate of drug-likeness (QED) is 0.833. The van der Waals surface area contributed by atoms with Gasteiger partial charge in [-0.05, 0) is 36.9 Å². The second-order valence-electron chi connectivity index (χ2n) is 3.96. The summed E-state index contributed by atoms with van der Waals surface area (Å²) in [5.41, 5.74) is 1.40. The van der Waals surface area contributed by atoms with Gasteiger partial charge in [0.15, 0.2) is 0 Å². The second-order valence-corrected chi connectivity index (χ2v) is 4.99. The van der Waals surface area contributed by atoms with Gasteiger partial charge in [-0.3, -0.25) is 0 Å². The zero-order chi connectivity index (χ0) is 11.2. The predicted octanol–water partition coefficient (Wildman–Crippen LogP) is 3.12. The van der Waals surface area contributed by atoms with Crippen molar-refractivity contribution in [2.45, 2.75) is 18.9 Å². The molecular weight excluding hydrogens is 214 g/mol. The molecule has 0 aliphatic rings. The highest BCUT2D eigenvalue weighted by Gasteiger charge is 2.08. The average molecular weight is 231 g/mol. The standard InChI is InChI=1S/C14H17NS/c1-15-13(11-14-8-5-9-16-14)10-12-6-3-2-4-7-12/h2-9,13,15H,10-11H2,1H3. The Morgan fingerprint density at radius 1 is 1.06 bits per heavy atom. The summed E-state index contributed by atoms with van der Waals surface area (Å²) in [6.07, 6.45) is 2.21. The number of benzene rings is 1. The first kappa shape index (κ1) is 11.4. The molecule has 0 bridgehead atoms. The highest BCUT2D eigenvalue weighted by atomic mass is 32.1. The van der Waals surface area contributed by atoms with Crippen molar-refractivity contribution in [3.05, 3.63) is 58.3 Å². The van der Waals surface area contributed by atoms with Gasteiger partial charge < -0.3 is 5.32 Å². The molecule has 0 fully saturated rings. The van der Waals surface area contributed by atoms with Crippen LogP contribution in [0.5, 0.6) is 0 Å². The van der Waals surface area contributed by atoms with Gasteiger partial charge in [-0.1, -0.05) is 36.4 Å². The van der Waals surface area contributed by atoms with Crippen LogP contribution in [0.2, 0.25) is 0 Å². The lowest BCUT2D eigenvalue weighted by molar-refractivity contribution is 0.560. The third kappa shape index (κ3) is 3.19. The number of hydrogen-bond donors (Lipinski definition) is 1. The number of likely N-dealkylation sites (N-methyl/N-ethyl adjacent to an activating group) is 1. The summed E-state index contributed by atoms with van der Waals surface area (Å²) >= 11 is 1.84. The van der Waals surface area contributed by atoms with Gasteiger partial charge in [0, 0.05) is 10.9 Å². The first-order chi connectivity index (χ1) is 7.88. The Kier molecular flexibility index (Phi) is 4.14. The van der Waals surface area contributed by atoms with Crippen LogP contribution < -0.4 is 5.32 Å². The molecule has 2 heteroatoms. The van der Waals surface area contributed by atoms with E-state index >= 15 is 0 Å². The SMILES string of the molecule is CNC(Cc1ccccc1)Cc1cccs1. The van der Waals surface area contributed by atoms with Gasteiger partial charge in [0.25, 0.3) is 0 Å². The van der Waals surface area contributed by atoms with Crippen molar-refractivity contribution >= 4 is 11.3 Å². The van der Waals surface area contributed by atoms with E-state index in [1.54, 1.807) is 0 Å². The minimum absolute atomic E-state index is 0.529. The molecule has 0 radical (unpaired) electrons. The Labute approximate surface area is 101 Å². The molecule has 0 saturated carbocycles. The third-order valence-corrected chi connectivity index (χ3v) is 3.66. The van der Waals surface area contributed by atoms with Crippen LogP contribution in [0.25, 0.3) is 0 Å². The first-order valence-corrected chi connectivity index (χ1v) is 6.50. The first-order valence-electron chi connectivity index (χ1n) is 5.62. The number of hydrogen-bond acceptors (Lipinski definition) is 2. The Hall–Kier alpha value is -1.12. The fraction of sp³-hybridized carbons (Fsp3) is 0.286. The van der Waals surface area contributed by atoms with Crippen LogP contribution in [0.3, 0.4) is 0 Å². The molecule has 0 saturated heterocycles. The summed E-state index contributed by atoms with van der Waals surface area (Å²) in [6, 6.07) is 15.5. The molecule has 16 heavy (non-hydrogen) atoms. The molecule has 0 aliphatic carbocycles. The molecule has 1 aromatic heterocycles. The van der Waals surface area contributed by atoms with Gasteiger partial charge in [0.2, 0.25) is 0 Å². The van der Waals surface area contributed by atoms with Gasteiger partial charge in [-0.2, -0.15) is 0 Å². The molecule has 1 atom stereocenters. The van der Waals surface area contributed by atoms with Crippen LogP contribution in [0.1, 0.15) is 10.4 Å². The van der Waals surface area contributed by atoms with Gasteiger partial charge in [0.1, 0.15) is 0 Å². The van der Waals surface area contributed by atoms with Crippen molar-refractivity contribution in [2.75, 3.05) is 7.05 Å². The average Bonchev–Trinajstić information content (AvgIpc) is 2.82. The summed E-state index contributed by atoms with van der Waals surface area (Å²) in [6.45, 7) is 0. The lowest BCUT2D eigenvalue weighted by Crippen LogP contribution is -2.29. The van der Waals surface area contributed by atoms with Crippen molar-refractivity contribution in [3.63, 3.8) is 0 Å². The summed E-state index contributed by atoms with van der Waals surface area (Å²) in [5.74, 6) is 0. The van der Waals surface area contributed by atoms with Crippen LogP contribution >= 0.6 is 11.3 Å². The highest BCUT2D eigenvalue weighted by Crippen LogP contribution is 2.13. The zero-order valence-corrected chi connectivity index (χ0v) is 10.3. The van der Waals surface area contributed by atoms with E-state index in [-0.39, 0.29) is 0 Å². The molecule has 2 rings (SSSR count). The molecule has 1 nitrogen and oxygen atoms in total. The zero-order valence-electron chi connectivity index (χ0n) is 9.52. The van der Waals surface area contributed by atoms with Gasteiger partial charge in [-0.25, -0.2) is 0 Å². The Morgan fingerprint density at radius 2 is 1.88 bits per heavy atom. The highest BCUT2D eigenvalue weighted by molar-refractivity contribution is 7.09. The predicted molar refractivity (Wildman–Crippen MR) is 71.0 cm³/mol. The number of rotatable bonds is 5. The topological polar surface area (TPSA) is 12.0 Å². The van der Waals surface area contributed by atoms with E-state index in [1.165, 1.54) is 10.4 Å². The molecule has 1 unspecified atom stereocenters. The molecule has 0 aliphatic heterocycles. The lowest BCUT2D eigenvalue weighted by Gasteiger charge is -2.15. The van der Waals surface area contributed by atoms with E-state index in [4.69, 9.17) is 0 Å². The fourth-order valence-electron chi connectivity index (χ4n) is 1.85. The van der Waals surface area contributed by atoms with E-state index in [2.05, 4.69) is 53.2 Å². The lowest BCUT2D eigenvalue weighted by atomic mass is 10.0. The van der Waals surface area contributed by atoms with Crippen LogP contribution in [-0.2, 0) is 12.8 Å². The van der Waals surface area contributed by atoms with E-state index in [9.17, 15) is 0 Å². The van der Waals surface area contributed by atoms with Gasteiger partial charge in [-0.15, -0.1) is 11.3 Å². The monoisotopic (exact) mass is 231 g/mol. The Balaban J connectivity index is 1.96. The Morgan fingerprint density at radius 3 is 2.50 bits per heavy atom. The van der Waals surface area contributed by atoms with Crippen molar-refractivity contribution in [2.24, 2.45) is 0 Å². The maximum absolute atomic E-state index is 3.40. The number of nitrogens with one attached hydrogen (secondary N) is 1. The van der Waals surface area contributed by atoms with Gasteiger partial charge in [0.05, 0.1) is 0 Å². The van der Waals surface area contributed by atoms with E-state index in [1.807, 2.05) is 18.4 Å². The third-order valence-electron chi connectivity index (χ3n) is 2.76. The van der Waals surface area contributed by atoms with E-state index < -0.39 is 0 Å². The normalized spacial score (nSPS) is 12.6. The minimum Gasteiger partial charge on any atom is -0.316 e. The second kappa shape index (κ2) is 5.83. The molecule has 0 spiro atoms. The van der Waals surface area contributed by atoms with Crippen molar-refractivity contribution in [1.82, 2.24) is 5.32 Å². The largest absolute Gasteiger partial charge is 0.316 e. The van der Waals surface area contributed by atoms with Crippen molar-refractivity contribution in [3.8, 4) is 0 Å². The maximum Gasteiger partial charge on any atom is 0.0153 e. The summed E-state index contributed by atoms with van der Waals surface area (Å²) in [7, 11) is 2.04. The molecule has 2 aromatic rings. The van der Waals surface area contributed by atoms with Gasteiger partial charge >= 0.3 is 0 Å². The fourth-order valence-corrected chi connectivity index (χ4v) is 2.63. The van der Waals surface area contributed by atoms with Crippen LogP contribution in [0, 0.1) is 0 Å². The Bertz CT molecular complexity index is 394. The summed E-state index contributed by atoms with van der Waals surface area (Å²) in [4.78, 5) is 1.45. The summed E-state index contributed by atoms with van der Waals surface area (Å²) < 4.78 is 0. The molecule has 0 amide bonds. The molecule has 1 heterocycles. The van der Waals surface area contributed by atoms with Crippen molar-refractivity contribution < 1.29 is 0 Å². The number of thiophene rings is 1. The van der Waals surface area contributed by atoms with Crippen LogP contribution in [0.4, 0.5) is 0 Å². The van der Waals surface area contributed by atoms with Crippen molar-refractivity contribution in [1.29, 1.82) is 0 Å². The van der Waals surface area contributed by atoms with E-state index in [0.29, 0.717) is 6.04 Å². The minimum atomic E-state index is 0.529. The van der Waals surface area contributed by atoms with E-state index in [0.717, 1.165) is 12.8 Å².